The minimum atomic E-state index is -0.521. The van der Waals surface area contributed by atoms with Crippen LogP contribution in [-0.4, -0.2) is 50.0 Å². The van der Waals surface area contributed by atoms with Crippen LogP contribution in [0.1, 0.15) is 78.7 Å². The molecule has 0 aliphatic heterocycles. The highest BCUT2D eigenvalue weighted by Gasteiger charge is 2.41. The zero-order chi connectivity index (χ0) is 24.8. The second-order valence-corrected chi connectivity index (χ2v) is 11.8. The van der Waals surface area contributed by atoms with Crippen LogP contribution >= 0.6 is 24.8 Å². The van der Waals surface area contributed by atoms with Crippen LogP contribution in [-0.2, 0) is 14.3 Å². The monoisotopic (exact) mass is 542 g/mol. The predicted octanol–water partition coefficient (Wildman–Crippen LogP) is 6.20. The first-order valence-corrected chi connectivity index (χ1v) is 13.0. The van der Waals surface area contributed by atoms with Crippen LogP contribution in [0.25, 0.3) is 6.08 Å². The molecule has 1 aromatic carbocycles. The Balaban J connectivity index is 0.00000324. The molecule has 0 aromatic heterocycles. The molecule has 0 saturated heterocycles. The first-order valence-electron chi connectivity index (χ1n) is 13.0. The second-order valence-electron chi connectivity index (χ2n) is 11.8. The van der Waals surface area contributed by atoms with Gasteiger partial charge in [-0.2, -0.15) is 0 Å². The van der Waals surface area contributed by atoms with Crippen LogP contribution < -0.4 is 10.6 Å². The summed E-state index contributed by atoms with van der Waals surface area (Å²) in [7, 11) is 1.78. The summed E-state index contributed by atoms with van der Waals surface area (Å²) in [4.78, 5) is 12.5. The predicted molar refractivity (Wildman–Crippen MR) is 154 cm³/mol. The maximum Gasteiger partial charge on any atom is 0.313 e. The Labute approximate surface area is 231 Å². The van der Waals surface area contributed by atoms with Crippen molar-refractivity contribution in [2.24, 2.45) is 11.3 Å². The molecule has 2 atom stereocenters. The Morgan fingerprint density at radius 1 is 1.00 bits per heavy atom. The first kappa shape index (κ1) is 32.9. The topological polar surface area (TPSA) is 59.6 Å². The highest BCUT2D eigenvalue weighted by atomic mass is 35.5. The van der Waals surface area contributed by atoms with Gasteiger partial charge in [0.15, 0.2) is 0 Å². The molecule has 0 unspecified atom stereocenters. The summed E-state index contributed by atoms with van der Waals surface area (Å²) in [5.74, 6) is 0.497. The molecule has 0 bridgehead atoms. The molecule has 3 rings (SSSR count). The van der Waals surface area contributed by atoms with E-state index in [2.05, 4.69) is 47.0 Å². The van der Waals surface area contributed by atoms with E-state index in [1.54, 1.807) is 7.11 Å². The lowest BCUT2D eigenvalue weighted by molar-refractivity contribution is -0.165. The van der Waals surface area contributed by atoms with Crippen LogP contribution in [0.15, 0.2) is 35.9 Å². The molecule has 206 valence electrons. The normalized spacial score (nSPS) is 24.3. The van der Waals surface area contributed by atoms with Crippen molar-refractivity contribution in [3.63, 3.8) is 0 Å². The summed E-state index contributed by atoms with van der Waals surface area (Å²) in [6, 6.07) is 12.3. The van der Waals surface area contributed by atoms with Gasteiger partial charge in [0.25, 0.3) is 0 Å². The van der Waals surface area contributed by atoms with Gasteiger partial charge >= 0.3 is 5.97 Å². The molecule has 2 N–H and O–H groups in total. The summed E-state index contributed by atoms with van der Waals surface area (Å²) in [6.07, 6.45) is 9.25. The third kappa shape index (κ3) is 10.7. The average molecular weight is 544 g/mol. The first-order chi connectivity index (χ1) is 16.1. The molecule has 7 heteroatoms. The molecule has 2 fully saturated rings. The van der Waals surface area contributed by atoms with Crippen molar-refractivity contribution in [1.82, 2.24) is 10.6 Å². The van der Waals surface area contributed by atoms with Crippen molar-refractivity contribution in [1.29, 1.82) is 0 Å². The van der Waals surface area contributed by atoms with Gasteiger partial charge in [0.05, 0.1) is 5.41 Å². The molecule has 2 saturated carbocycles. The third-order valence-corrected chi connectivity index (χ3v) is 6.97. The Kier molecular flexibility index (Phi) is 13.5. The van der Waals surface area contributed by atoms with Gasteiger partial charge in [0.1, 0.15) is 5.60 Å². The van der Waals surface area contributed by atoms with E-state index in [0.717, 1.165) is 25.9 Å². The molecular formula is C29H48Cl2N2O3. The number of rotatable bonds is 11. The van der Waals surface area contributed by atoms with Crippen molar-refractivity contribution in [2.75, 3.05) is 20.3 Å². The maximum absolute atomic E-state index is 12.5. The van der Waals surface area contributed by atoms with E-state index in [1.165, 1.54) is 30.4 Å². The summed E-state index contributed by atoms with van der Waals surface area (Å²) in [5, 5.41) is 7.58. The largest absolute Gasteiger partial charge is 0.460 e. The van der Waals surface area contributed by atoms with Gasteiger partial charge in [-0.1, -0.05) is 42.0 Å². The van der Waals surface area contributed by atoms with E-state index in [0.29, 0.717) is 30.6 Å². The fraction of sp³-hybridized carbons (Fsp3) is 0.690. The van der Waals surface area contributed by atoms with E-state index in [4.69, 9.17) is 9.47 Å². The molecule has 0 amide bonds. The van der Waals surface area contributed by atoms with Gasteiger partial charge in [-0.3, -0.25) is 4.79 Å². The number of hydrogen-bond acceptors (Lipinski definition) is 5. The van der Waals surface area contributed by atoms with Crippen LogP contribution in [0.4, 0.5) is 0 Å². The van der Waals surface area contributed by atoms with Crippen molar-refractivity contribution >= 4 is 36.9 Å². The molecule has 1 aromatic rings. The van der Waals surface area contributed by atoms with Crippen molar-refractivity contribution < 1.29 is 14.3 Å². The van der Waals surface area contributed by atoms with Gasteiger partial charge in [-0.25, -0.2) is 0 Å². The Hall–Kier alpha value is -1.11. The van der Waals surface area contributed by atoms with Crippen LogP contribution in [0, 0.1) is 11.3 Å². The molecule has 5 nitrogen and oxygen atoms in total. The maximum atomic E-state index is 12.5. The minimum Gasteiger partial charge on any atom is -0.460 e. The molecular weight excluding hydrogens is 495 g/mol. The number of carbonyl (C=O) groups excluding carboxylic acids is 1. The van der Waals surface area contributed by atoms with E-state index < -0.39 is 11.0 Å². The van der Waals surface area contributed by atoms with Crippen molar-refractivity contribution in [3.05, 3.63) is 41.5 Å². The van der Waals surface area contributed by atoms with Gasteiger partial charge in [0, 0.05) is 38.4 Å². The fourth-order valence-corrected chi connectivity index (χ4v) is 4.79. The van der Waals surface area contributed by atoms with Gasteiger partial charge < -0.3 is 20.1 Å². The molecule has 0 spiro atoms. The number of benzene rings is 1. The van der Waals surface area contributed by atoms with Gasteiger partial charge in [-0.15, -0.1) is 24.8 Å². The fourth-order valence-electron chi connectivity index (χ4n) is 4.79. The average Bonchev–Trinajstić information content (AvgIpc) is 3.54. The van der Waals surface area contributed by atoms with E-state index in [-0.39, 0.29) is 30.8 Å². The summed E-state index contributed by atoms with van der Waals surface area (Å²) < 4.78 is 11.0. The smallest absolute Gasteiger partial charge is 0.313 e. The number of carbonyl (C=O) groups is 1. The Morgan fingerprint density at radius 2 is 1.61 bits per heavy atom. The highest BCUT2D eigenvalue weighted by Crippen LogP contribution is 2.41. The zero-order valence-electron chi connectivity index (χ0n) is 23.0. The highest BCUT2D eigenvalue weighted by molar-refractivity contribution is 5.85. The lowest BCUT2D eigenvalue weighted by Gasteiger charge is -2.33. The van der Waals surface area contributed by atoms with Crippen LogP contribution in [0.2, 0.25) is 0 Å². The SMILES string of the molecule is COCC/C(=C\c1ccccc1)[C@@H]1C[C@H]1NC1CCC(NCC(C)(C)C(=O)OC(C)(C)C)CC1.Cl.Cl. The quantitative estimate of drug-likeness (QED) is 0.326. The number of hydrogen-bond donors (Lipinski definition) is 2. The molecule has 36 heavy (non-hydrogen) atoms. The van der Waals surface area contributed by atoms with Gasteiger partial charge in [0.2, 0.25) is 0 Å². The number of esters is 1. The molecule has 2 aliphatic rings. The van der Waals surface area contributed by atoms with E-state index in [1.807, 2.05) is 34.6 Å². The van der Waals surface area contributed by atoms with Crippen molar-refractivity contribution in [2.45, 2.75) is 96.9 Å². The van der Waals surface area contributed by atoms with Crippen LogP contribution in [0.3, 0.4) is 0 Å². The minimum absolute atomic E-state index is 0. The summed E-state index contributed by atoms with van der Waals surface area (Å²) in [6.45, 7) is 11.1. The lowest BCUT2D eigenvalue weighted by atomic mass is 9.88. The van der Waals surface area contributed by atoms with Crippen molar-refractivity contribution in [3.8, 4) is 0 Å². The zero-order valence-corrected chi connectivity index (χ0v) is 24.6. The second kappa shape index (κ2) is 14.7. The van der Waals surface area contributed by atoms with E-state index >= 15 is 0 Å². The third-order valence-electron chi connectivity index (χ3n) is 6.97. The number of halogens is 2. The van der Waals surface area contributed by atoms with E-state index in [9.17, 15) is 4.79 Å². The van der Waals surface area contributed by atoms with Gasteiger partial charge in [-0.05, 0) is 84.6 Å². The standard InChI is InChI=1S/C29H46N2O3.2ClH/c1-28(2,3)34-27(32)29(4,5)20-30-23-12-14-24(15-13-23)31-26-19-25(26)22(16-17-33-6)18-21-10-8-7-9-11-21;;/h7-11,18,23-26,30-31H,12-17,19-20H2,1-6H3;2*1H/b22-18+;;/t23?,24?,25-,26+;;/m0../s1. The number of ether oxygens (including phenoxy) is 2. The number of methoxy groups -OCH3 is 1. The lowest BCUT2D eigenvalue weighted by Crippen LogP contribution is -2.46. The summed E-state index contributed by atoms with van der Waals surface area (Å²) >= 11 is 0. The van der Waals surface area contributed by atoms with Crippen LogP contribution in [0.5, 0.6) is 0 Å². The Morgan fingerprint density at radius 3 is 2.19 bits per heavy atom. The molecule has 0 heterocycles. The Bertz CT molecular complexity index is 816. The summed E-state index contributed by atoms with van der Waals surface area (Å²) in [5.41, 5.74) is 1.82. The number of nitrogens with one attached hydrogen (secondary N) is 2. The molecule has 0 radical (unpaired) electrons. The molecule has 2 aliphatic carbocycles.